The van der Waals surface area contributed by atoms with E-state index in [1.807, 2.05) is 0 Å². The Morgan fingerprint density at radius 3 is 0.818 bits per heavy atom. The summed E-state index contributed by atoms with van der Waals surface area (Å²) in [7, 11) is 0. The van der Waals surface area contributed by atoms with Gasteiger partial charge in [-0.2, -0.15) is 0 Å². The van der Waals surface area contributed by atoms with Gasteiger partial charge < -0.3 is 5.48 Å². The fourth-order valence-corrected chi connectivity index (χ4v) is 1.73. The van der Waals surface area contributed by atoms with E-state index in [2.05, 4.69) is 27.7 Å². The van der Waals surface area contributed by atoms with Crippen molar-refractivity contribution >= 4 is 30.4 Å². The van der Waals surface area contributed by atoms with Crippen LogP contribution >= 0.6 is 0 Å². The molecule has 0 rings (SSSR count). The van der Waals surface area contributed by atoms with Crippen LogP contribution in [0.4, 0.5) is 0 Å². The maximum atomic E-state index is 2.25. The molecule has 1 nitrogen and oxygen atoms in total. The standard InChI is InChI=1S/4C2H5.2Al.O/c4*1-2;;;/h4*1H2,2H3;;;/q;;;;2*+1;-2. The van der Waals surface area contributed by atoms with E-state index >= 15 is 0 Å². The molecule has 0 amide bonds. The molecule has 3 heteroatoms. The zero-order chi connectivity index (χ0) is 8.24. The summed E-state index contributed by atoms with van der Waals surface area (Å²) in [6.45, 7) is 9.00. The molecule has 0 atom stereocenters. The summed E-state index contributed by atoms with van der Waals surface area (Å²) in [5.74, 6) is 0. The third kappa shape index (κ3) is 35.6. The minimum Gasteiger partial charge on any atom is -2.00 e. The van der Waals surface area contributed by atoms with Crippen molar-refractivity contribution in [3.63, 3.8) is 0 Å². The molecule has 0 aliphatic heterocycles. The Kier molecular flexibility index (Phi) is 36.6. The molecule has 0 radical (unpaired) electrons. The molecular weight excluding hydrogens is 166 g/mol. The van der Waals surface area contributed by atoms with Crippen LogP contribution in [0.1, 0.15) is 27.7 Å². The predicted molar refractivity (Wildman–Crippen MR) is 54.1 cm³/mol. The smallest absolute Gasteiger partial charge is 2.00 e. The Hall–Kier alpha value is 1.02. The fourth-order valence-electron chi connectivity index (χ4n) is 0.577. The molecular formula is C8H20Al2O. The van der Waals surface area contributed by atoms with Crippen molar-refractivity contribution in [1.82, 2.24) is 0 Å². The first-order valence-corrected chi connectivity index (χ1v) is 7.73. The molecule has 0 aliphatic carbocycles. The fraction of sp³-hybridized carbons (Fsp3) is 1.00. The molecule has 0 unspecified atom stereocenters. The minimum absolute atomic E-state index is 0. The zero-order valence-electron chi connectivity index (χ0n) is 8.39. The molecule has 0 saturated carbocycles. The van der Waals surface area contributed by atoms with E-state index in [4.69, 9.17) is 0 Å². The van der Waals surface area contributed by atoms with Crippen LogP contribution in [0.5, 0.6) is 0 Å². The summed E-state index contributed by atoms with van der Waals surface area (Å²) >= 11 is 1.63. The molecule has 0 aromatic rings. The normalized spacial score (nSPS) is 6.18. The van der Waals surface area contributed by atoms with Crippen LogP contribution in [0.15, 0.2) is 0 Å². The van der Waals surface area contributed by atoms with E-state index in [1.54, 1.807) is 0 Å². The predicted octanol–water partition coefficient (Wildman–Crippen LogP) is 3.02. The van der Waals surface area contributed by atoms with Crippen LogP contribution in [-0.2, 0) is 5.48 Å². The molecule has 0 bridgehead atoms. The Bertz CT molecular complexity index is 33.1. The minimum atomic E-state index is 0. The van der Waals surface area contributed by atoms with Gasteiger partial charge in [0.1, 0.15) is 0 Å². The van der Waals surface area contributed by atoms with Gasteiger partial charge in [0.2, 0.25) is 0 Å². The van der Waals surface area contributed by atoms with Crippen LogP contribution < -0.4 is 0 Å². The molecule has 0 N–H and O–H groups in total. The summed E-state index contributed by atoms with van der Waals surface area (Å²) in [5.41, 5.74) is 0. The molecule has 11 heavy (non-hydrogen) atoms. The van der Waals surface area contributed by atoms with Gasteiger partial charge in [0.05, 0.1) is 0 Å². The topological polar surface area (TPSA) is 28.5 Å². The quantitative estimate of drug-likeness (QED) is 0.604. The molecule has 0 saturated heterocycles. The van der Waals surface area contributed by atoms with Crippen LogP contribution in [0.2, 0.25) is 21.1 Å². The Morgan fingerprint density at radius 1 is 0.636 bits per heavy atom. The van der Waals surface area contributed by atoms with Crippen molar-refractivity contribution < 1.29 is 5.48 Å². The van der Waals surface area contributed by atoms with Crippen molar-refractivity contribution in [2.75, 3.05) is 0 Å². The molecule has 64 valence electrons. The Labute approximate surface area is 84.7 Å². The first kappa shape index (κ1) is 17.9. The second-order valence-corrected chi connectivity index (χ2v) is 6.63. The van der Waals surface area contributed by atoms with E-state index in [0.717, 1.165) is 30.4 Å². The summed E-state index contributed by atoms with van der Waals surface area (Å²) in [4.78, 5) is 0. The maximum Gasteiger partial charge on any atom is -2.00 e. The first-order chi connectivity index (χ1) is 4.83. The van der Waals surface area contributed by atoms with Gasteiger partial charge in [0.15, 0.2) is 0 Å². The van der Waals surface area contributed by atoms with E-state index in [9.17, 15) is 0 Å². The number of hydrogen-bond donors (Lipinski definition) is 0. The van der Waals surface area contributed by atoms with Crippen molar-refractivity contribution in [3.8, 4) is 0 Å². The average molecular weight is 186 g/mol. The largest absolute Gasteiger partial charge is 2.00 e. The number of hydrogen-bond acceptors (Lipinski definition) is 0. The van der Waals surface area contributed by atoms with Crippen molar-refractivity contribution in [1.29, 1.82) is 0 Å². The van der Waals surface area contributed by atoms with E-state index in [-0.39, 0.29) is 5.48 Å². The van der Waals surface area contributed by atoms with E-state index in [1.165, 1.54) is 21.1 Å². The molecule has 0 fully saturated rings. The van der Waals surface area contributed by atoms with Gasteiger partial charge in [-0.15, -0.1) is 0 Å². The van der Waals surface area contributed by atoms with Gasteiger partial charge in [-0.3, -0.25) is 0 Å². The van der Waals surface area contributed by atoms with Gasteiger partial charge in [0, 0.05) is 0 Å². The molecule has 0 aromatic heterocycles. The maximum absolute atomic E-state index is 2.25. The van der Waals surface area contributed by atoms with Crippen LogP contribution in [0, 0.1) is 0 Å². The summed E-state index contributed by atoms with van der Waals surface area (Å²) < 4.78 is 0. The monoisotopic (exact) mass is 186 g/mol. The first-order valence-electron chi connectivity index (χ1n) is 4.46. The van der Waals surface area contributed by atoms with Gasteiger partial charge in [-0.1, -0.05) is 0 Å². The Balaban J connectivity index is -0.000000107. The summed E-state index contributed by atoms with van der Waals surface area (Å²) in [6, 6.07) is 0. The number of rotatable bonds is 4. The van der Waals surface area contributed by atoms with E-state index < -0.39 is 0 Å². The van der Waals surface area contributed by atoms with Crippen LogP contribution in [-0.4, -0.2) is 30.4 Å². The third-order valence-electron chi connectivity index (χ3n) is 1.15. The summed E-state index contributed by atoms with van der Waals surface area (Å²) in [5, 5.41) is 5.71. The van der Waals surface area contributed by atoms with Gasteiger partial charge in [-0.25, -0.2) is 0 Å². The van der Waals surface area contributed by atoms with Gasteiger partial charge in [-0.05, 0) is 0 Å². The Morgan fingerprint density at radius 2 is 0.818 bits per heavy atom. The third-order valence-corrected chi connectivity index (χ3v) is 3.46. The van der Waals surface area contributed by atoms with Crippen molar-refractivity contribution in [3.05, 3.63) is 0 Å². The van der Waals surface area contributed by atoms with Gasteiger partial charge >= 0.3 is 79.3 Å². The zero-order valence-corrected chi connectivity index (χ0v) is 10.7. The SMILES string of the molecule is C[CH2][Al+][CH2]C.C[CH2][Al+][CH2]C.[O-2]. The molecule has 0 aromatic carbocycles. The molecule has 0 spiro atoms. The molecule has 0 heterocycles. The van der Waals surface area contributed by atoms with E-state index in [0.29, 0.717) is 0 Å². The van der Waals surface area contributed by atoms with Crippen molar-refractivity contribution in [2.45, 2.75) is 48.8 Å². The van der Waals surface area contributed by atoms with Crippen LogP contribution in [0.25, 0.3) is 0 Å². The molecule has 0 aliphatic rings. The summed E-state index contributed by atoms with van der Waals surface area (Å²) in [6.07, 6.45) is 0. The second-order valence-electron chi connectivity index (χ2n) is 2.21. The van der Waals surface area contributed by atoms with Crippen molar-refractivity contribution in [2.24, 2.45) is 0 Å². The second kappa shape index (κ2) is 22.5. The van der Waals surface area contributed by atoms with Crippen LogP contribution in [0.3, 0.4) is 0 Å². The average Bonchev–Trinajstić information content (AvgIpc) is 1.93. The van der Waals surface area contributed by atoms with Gasteiger partial charge in [0.25, 0.3) is 0 Å².